The molecular formula is C18H22N2OS2. The number of ether oxygens (including phenoxy) is 1. The minimum Gasteiger partial charge on any atom is -0.474 e. The fourth-order valence-corrected chi connectivity index (χ4v) is 3.55. The third-order valence-corrected chi connectivity index (χ3v) is 5.32. The van der Waals surface area contributed by atoms with Crippen LogP contribution >= 0.6 is 23.5 Å². The van der Waals surface area contributed by atoms with E-state index in [0.717, 1.165) is 30.3 Å². The first-order chi connectivity index (χ1) is 11.3. The van der Waals surface area contributed by atoms with Gasteiger partial charge in [-0.2, -0.15) is 11.8 Å². The van der Waals surface area contributed by atoms with Gasteiger partial charge in [-0.1, -0.05) is 12.1 Å². The first-order valence-corrected chi connectivity index (χ1v) is 10.4. The van der Waals surface area contributed by atoms with E-state index in [-0.39, 0.29) is 0 Å². The summed E-state index contributed by atoms with van der Waals surface area (Å²) in [6.07, 6.45) is 7.41. The van der Waals surface area contributed by atoms with Crippen molar-refractivity contribution in [3.63, 3.8) is 0 Å². The summed E-state index contributed by atoms with van der Waals surface area (Å²) < 4.78 is 8.05. The normalized spacial score (nSPS) is 17.1. The van der Waals surface area contributed by atoms with Crippen LogP contribution in [0.1, 0.15) is 17.7 Å². The molecule has 1 atom stereocenters. The van der Waals surface area contributed by atoms with Crippen LogP contribution in [-0.2, 0) is 11.3 Å². The van der Waals surface area contributed by atoms with E-state index in [1.807, 2.05) is 11.8 Å². The van der Waals surface area contributed by atoms with Gasteiger partial charge in [0.1, 0.15) is 12.3 Å². The van der Waals surface area contributed by atoms with E-state index in [2.05, 4.69) is 59.7 Å². The molecule has 1 aromatic carbocycles. The Morgan fingerprint density at radius 3 is 2.78 bits per heavy atom. The average Bonchev–Trinajstić information content (AvgIpc) is 3.22. The molecule has 0 aliphatic carbocycles. The third kappa shape index (κ3) is 4.15. The van der Waals surface area contributed by atoms with Gasteiger partial charge in [0.05, 0.1) is 6.04 Å². The van der Waals surface area contributed by atoms with Crippen molar-refractivity contribution in [2.75, 3.05) is 24.9 Å². The molecule has 3 nitrogen and oxygen atoms in total. The quantitative estimate of drug-likeness (QED) is 0.704. The molecule has 0 N–H and O–H groups in total. The van der Waals surface area contributed by atoms with Crippen LogP contribution < -0.4 is 0 Å². The van der Waals surface area contributed by atoms with Crippen molar-refractivity contribution in [3.05, 3.63) is 53.9 Å². The smallest absolute Gasteiger partial charge is 0.233 e. The maximum atomic E-state index is 5.84. The molecule has 5 heteroatoms. The van der Waals surface area contributed by atoms with Crippen LogP contribution in [0, 0.1) is 0 Å². The highest BCUT2D eigenvalue weighted by Gasteiger charge is 2.21. The standard InChI is InChI=1S/C18H22N2OS2/c1-22-11-9-15-13-21-18(19-15)17-4-3-10-20(17)12-14-5-7-16(23-2)8-6-14/h3-8,10,15H,9,11-13H2,1-2H3/t15-/m0/s1. The summed E-state index contributed by atoms with van der Waals surface area (Å²) >= 11 is 3.63. The van der Waals surface area contributed by atoms with Gasteiger partial charge in [0.2, 0.25) is 5.90 Å². The summed E-state index contributed by atoms with van der Waals surface area (Å²) in [5.41, 5.74) is 2.36. The van der Waals surface area contributed by atoms with Crippen LogP contribution in [0.2, 0.25) is 0 Å². The lowest BCUT2D eigenvalue weighted by Gasteiger charge is -2.09. The second-order valence-corrected chi connectivity index (χ2v) is 7.42. The summed E-state index contributed by atoms with van der Waals surface area (Å²) in [4.78, 5) is 6.05. The summed E-state index contributed by atoms with van der Waals surface area (Å²) in [5, 5.41) is 0. The van der Waals surface area contributed by atoms with E-state index in [1.165, 1.54) is 10.5 Å². The van der Waals surface area contributed by atoms with Crippen LogP contribution in [0.25, 0.3) is 0 Å². The maximum Gasteiger partial charge on any atom is 0.233 e. The van der Waals surface area contributed by atoms with Crippen molar-refractivity contribution in [1.82, 2.24) is 4.57 Å². The molecular weight excluding hydrogens is 324 g/mol. The number of hydrogen-bond acceptors (Lipinski definition) is 4. The Morgan fingerprint density at radius 2 is 2.04 bits per heavy atom. The lowest BCUT2D eigenvalue weighted by atomic mass is 10.2. The van der Waals surface area contributed by atoms with Crippen molar-refractivity contribution in [3.8, 4) is 0 Å². The second kappa shape index (κ2) is 7.97. The summed E-state index contributed by atoms with van der Waals surface area (Å²) in [6, 6.07) is 13.2. The van der Waals surface area contributed by atoms with E-state index >= 15 is 0 Å². The maximum absolute atomic E-state index is 5.84. The molecule has 0 spiro atoms. The Labute approximate surface area is 146 Å². The van der Waals surface area contributed by atoms with E-state index in [0.29, 0.717) is 12.6 Å². The molecule has 23 heavy (non-hydrogen) atoms. The summed E-state index contributed by atoms with van der Waals surface area (Å²) in [5.74, 6) is 1.93. The number of benzene rings is 1. The molecule has 1 aliphatic heterocycles. The molecule has 2 heterocycles. The zero-order valence-corrected chi connectivity index (χ0v) is 15.2. The van der Waals surface area contributed by atoms with Crippen molar-refractivity contribution >= 4 is 29.4 Å². The highest BCUT2D eigenvalue weighted by Crippen LogP contribution is 2.19. The predicted molar refractivity (Wildman–Crippen MR) is 101 cm³/mol. The monoisotopic (exact) mass is 346 g/mol. The highest BCUT2D eigenvalue weighted by atomic mass is 32.2. The van der Waals surface area contributed by atoms with E-state index < -0.39 is 0 Å². The number of aromatic nitrogens is 1. The zero-order chi connectivity index (χ0) is 16.1. The predicted octanol–water partition coefficient (Wildman–Crippen LogP) is 4.16. The molecule has 0 unspecified atom stereocenters. The van der Waals surface area contributed by atoms with Gasteiger partial charge in [-0.3, -0.25) is 0 Å². The minimum absolute atomic E-state index is 0.307. The van der Waals surface area contributed by atoms with Gasteiger partial charge in [0.15, 0.2) is 0 Å². The summed E-state index contributed by atoms with van der Waals surface area (Å²) in [6.45, 7) is 1.55. The van der Waals surface area contributed by atoms with Crippen molar-refractivity contribution in [2.45, 2.75) is 23.9 Å². The third-order valence-electron chi connectivity index (χ3n) is 3.93. The molecule has 1 aliphatic rings. The van der Waals surface area contributed by atoms with Crippen LogP contribution in [0.3, 0.4) is 0 Å². The topological polar surface area (TPSA) is 26.5 Å². The summed E-state index contributed by atoms with van der Waals surface area (Å²) in [7, 11) is 0. The fourth-order valence-electron chi connectivity index (χ4n) is 2.63. The number of aliphatic imine (C=N–C) groups is 1. The van der Waals surface area contributed by atoms with Gasteiger partial charge in [-0.15, -0.1) is 11.8 Å². The Morgan fingerprint density at radius 1 is 1.22 bits per heavy atom. The Kier molecular flexibility index (Phi) is 5.73. The van der Waals surface area contributed by atoms with Crippen LogP contribution in [0.4, 0.5) is 0 Å². The van der Waals surface area contributed by atoms with Crippen molar-refractivity contribution in [2.24, 2.45) is 4.99 Å². The van der Waals surface area contributed by atoms with Gasteiger partial charge < -0.3 is 9.30 Å². The van der Waals surface area contributed by atoms with Gasteiger partial charge in [0.25, 0.3) is 0 Å². The first-order valence-electron chi connectivity index (χ1n) is 7.78. The first kappa shape index (κ1) is 16.5. The fraction of sp³-hybridized carbons (Fsp3) is 0.389. The van der Waals surface area contributed by atoms with Gasteiger partial charge in [0, 0.05) is 17.6 Å². The Balaban J connectivity index is 1.72. The highest BCUT2D eigenvalue weighted by molar-refractivity contribution is 7.98. The van der Waals surface area contributed by atoms with Crippen LogP contribution in [0.5, 0.6) is 0 Å². The van der Waals surface area contributed by atoms with Crippen molar-refractivity contribution < 1.29 is 4.74 Å². The van der Waals surface area contributed by atoms with Crippen molar-refractivity contribution in [1.29, 1.82) is 0 Å². The molecule has 0 amide bonds. The molecule has 3 rings (SSSR count). The van der Waals surface area contributed by atoms with Gasteiger partial charge >= 0.3 is 0 Å². The molecule has 1 aromatic heterocycles. The number of nitrogens with zero attached hydrogens (tertiary/aromatic N) is 2. The average molecular weight is 347 g/mol. The molecule has 0 saturated heterocycles. The van der Waals surface area contributed by atoms with Gasteiger partial charge in [-0.05, 0) is 54.5 Å². The molecule has 0 saturated carbocycles. The van der Waals surface area contributed by atoms with E-state index in [4.69, 9.17) is 9.73 Å². The van der Waals surface area contributed by atoms with Gasteiger partial charge in [-0.25, -0.2) is 4.99 Å². The molecule has 2 aromatic rings. The second-order valence-electron chi connectivity index (χ2n) is 5.55. The zero-order valence-electron chi connectivity index (χ0n) is 13.6. The number of rotatable bonds is 7. The minimum atomic E-state index is 0.307. The number of thioether (sulfide) groups is 2. The lowest BCUT2D eigenvalue weighted by Crippen LogP contribution is -2.10. The van der Waals surface area contributed by atoms with Crippen LogP contribution in [0.15, 0.2) is 52.5 Å². The molecule has 0 bridgehead atoms. The Hall–Kier alpha value is -1.33. The van der Waals surface area contributed by atoms with E-state index in [9.17, 15) is 0 Å². The molecule has 0 fully saturated rings. The van der Waals surface area contributed by atoms with Crippen LogP contribution in [-0.4, -0.2) is 41.4 Å². The largest absolute Gasteiger partial charge is 0.474 e. The molecule has 0 radical (unpaired) electrons. The SMILES string of the molecule is CSCC[C@H]1COC(c2cccn2Cc2ccc(SC)cc2)=N1. The number of hydrogen-bond donors (Lipinski definition) is 0. The molecule has 122 valence electrons. The lowest BCUT2D eigenvalue weighted by molar-refractivity contribution is 0.314. The van der Waals surface area contributed by atoms with E-state index in [1.54, 1.807) is 11.8 Å². The Bertz CT molecular complexity index is 664.